The summed E-state index contributed by atoms with van der Waals surface area (Å²) < 4.78 is 36.8. The Kier molecular flexibility index (Phi) is 3.59. The molecule has 0 saturated carbocycles. The molecule has 0 amide bonds. The average molecular weight is 170 g/mol. The van der Waals surface area contributed by atoms with Crippen LogP contribution in [0, 0.1) is 0 Å². The Bertz CT molecular complexity index is 161. The number of hydrogen-bond donors (Lipinski definition) is 1. The van der Waals surface area contributed by atoms with E-state index in [1.807, 2.05) is 0 Å². The molecule has 0 fully saturated rings. The van der Waals surface area contributed by atoms with E-state index in [1.54, 1.807) is 0 Å². The first-order chi connectivity index (χ1) is 4.92. The molecule has 6 heteroatoms. The number of carboxylic acid groups (broad SMARTS) is 1. The van der Waals surface area contributed by atoms with Crippen LogP contribution in [0.4, 0.5) is 13.2 Å². The zero-order valence-electron chi connectivity index (χ0n) is 5.26. The molecule has 0 bridgehead atoms. The van der Waals surface area contributed by atoms with E-state index in [2.05, 4.69) is 4.74 Å². The second-order valence-corrected chi connectivity index (χ2v) is 1.50. The van der Waals surface area contributed by atoms with E-state index in [4.69, 9.17) is 5.11 Å². The number of carboxylic acids is 1. The first-order valence-electron chi connectivity index (χ1n) is 2.52. The van der Waals surface area contributed by atoms with Gasteiger partial charge in [-0.05, 0) is 0 Å². The van der Waals surface area contributed by atoms with Crippen molar-refractivity contribution in [2.75, 3.05) is 6.61 Å². The van der Waals surface area contributed by atoms with Crippen LogP contribution < -0.4 is 0 Å². The van der Waals surface area contributed by atoms with Gasteiger partial charge in [-0.2, -0.15) is 0 Å². The highest BCUT2D eigenvalue weighted by Crippen LogP contribution is 2.15. The monoisotopic (exact) mass is 170 g/mol. The molecule has 0 unspecified atom stereocenters. The van der Waals surface area contributed by atoms with E-state index in [0.29, 0.717) is 6.08 Å². The summed E-state index contributed by atoms with van der Waals surface area (Å²) in [5.74, 6) is -1.31. The molecule has 0 aromatic heterocycles. The van der Waals surface area contributed by atoms with Gasteiger partial charge < -0.3 is 5.11 Å². The van der Waals surface area contributed by atoms with Crippen molar-refractivity contribution in [3.63, 3.8) is 0 Å². The number of hydrogen-bond acceptors (Lipinski definition) is 2. The van der Waals surface area contributed by atoms with E-state index in [-0.39, 0.29) is 0 Å². The standard InChI is InChI=1S/C5H5F3O3/c6-5(7,8)11-3-1-2-4(9)10/h1-2H,3H2,(H,9,10)/b2-1+. The van der Waals surface area contributed by atoms with E-state index < -0.39 is 18.9 Å². The molecule has 0 heterocycles. The molecule has 0 aromatic carbocycles. The van der Waals surface area contributed by atoms with Crippen LogP contribution in [0.3, 0.4) is 0 Å². The molecule has 0 aliphatic carbocycles. The molecule has 0 aliphatic rings. The molecular weight excluding hydrogens is 165 g/mol. The second kappa shape index (κ2) is 3.97. The van der Waals surface area contributed by atoms with Crippen molar-refractivity contribution in [2.45, 2.75) is 6.36 Å². The first kappa shape index (κ1) is 9.96. The maximum absolute atomic E-state index is 11.2. The predicted octanol–water partition coefficient (Wildman–Crippen LogP) is 1.16. The van der Waals surface area contributed by atoms with Crippen molar-refractivity contribution in [3.05, 3.63) is 12.2 Å². The topological polar surface area (TPSA) is 46.5 Å². The fourth-order valence-corrected chi connectivity index (χ4v) is 0.292. The van der Waals surface area contributed by atoms with Gasteiger partial charge in [0, 0.05) is 6.08 Å². The number of alkyl halides is 3. The third kappa shape index (κ3) is 8.96. The lowest BCUT2D eigenvalue weighted by atomic mass is 10.5. The highest BCUT2D eigenvalue weighted by atomic mass is 19.4. The fourth-order valence-electron chi connectivity index (χ4n) is 0.292. The number of rotatable bonds is 3. The van der Waals surface area contributed by atoms with Crippen molar-refractivity contribution < 1.29 is 27.8 Å². The highest BCUT2D eigenvalue weighted by molar-refractivity contribution is 5.79. The van der Waals surface area contributed by atoms with Gasteiger partial charge in [0.2, 0.25) is 0 Å². The van der Waals surface area contributed by atoms with Crippen LogP contribution in [0.1, 0.15) is 0 Å². The van der Waals surface area contributed by atoms with Gasteiger partial charge in [-0.25, -0.2) is 4.79 Å². The van der Waals surface area contributed by atoms with Gasteiger partial charge in [0.05, 0.1) is 6.61 Å². The zero-order valence-corrected chi connectivity index (χ0v) is 5.26. The van der Waals surface area contributed by atoms with Gasteiger partial charge in [0.15, 0.2) is 0 Å². The van der Waals surface area contributed by atoms with Crippen LogP contribution in [-0.2, 0) is 9.53 Å². The minimum absolute atomic E-state index is 0.575. The number of ether oxygens (including phenoxy) is 1. The number of aliphatic carboxylic acids is 1. The highest BCUT2D eigenvalue weighted by Gasteiger charge is 2.27. The van der Waals surface area contributed by atoms with Crippen molar-refractivity contribution in [3.8, 4) is 0 Å². The summed E-state index contributed by atoms with van der Waals surface area (Å²) in [6, 6.07) is 0. The predicted molar refractivity (Wildman–Crippen MR) is 28.8 cm³/mol. The summed E-state index contributed by atoms with van der Waals surface area (Å²) in [4.78, 5) is 9.70. The Hall–Kier alpha value is -1.04. The summed E-state index contributed by atoms with van der Waals surface area (Å²) in [5, 5.41) is 7.92. The van der Waals surface area contributed by atoms with Crippen LogP contribution in [0.2, 0.25) is 0 Å². The van der Waals surface area contributed by atoms with Crippen LogP contribution in [0.15, 0.2) is 12.2 Å². The van der Waals surface area contributed by atoms with Gasteiger partial charge in [-0.15, -0.1) is 13.2 Å². The molecule has 3 nitrogen and oxygen atoms in total. The maximum Gasteiger partial charge on any atom is 0.522 e. The molecule has 0 radical (unpaired) electrons. The lowest BCUT2D eigenvalue weighted by molar-refractivity contribution is -0.319. The Balaban J connectivity index is 3.50. The van der Waals surface area contributed by atoms with Gasteiger partial charge in [-0.3, -0.25) is 4.74 Å². The minimum Gasteiger partial charge on any atom is -0.478 e. The Morgan fingerprint density at radius 1 is 1.55 bits per heavy atom. The van der Waals surface area contributed by atoms with E-state index in [1.165, 1.54) is 0 Å². The van der Waals surface area contributed by atoms with Crippen molar-refractivity contribution >= 4 is 5.97 Å². The molecule has 0 aromatic rings. The normalized spacial score (nSPS) is 12.3. The minimum atomic E-state index is -4.71. The Morgan fingerprint density at radius 2 is 2.09 bits per heavy atom. The lowest BCUT2D eigenvalue weighted by Gasteiger charge is -2.02. The van der Waals surface area contributed by atoms with Crippen LogP contribution in [0.25, 0.3) is 0 Å². The summed E-state index contributed by atoms with van der Waals surface area (Å²) >= 11 is 0. The van der Waals surface area contributed by atoms with Crippen molar-refractivity contribution in [2.24, 2.45) is 0 Å². The molecule has 0 saturated heterocycles. The molecular formula is C5H5F3O3. The molecule has 0 aliphatic heterocycles. The molecule has 1 N–H and O–H groups in total. The second-order valence-electron chi connectivity index (χ2n) is 1.50. The fraction of sp³-hybridized carbons (Fsp3) is 0.400. The maximum atomic E-state index is 11.2. The number of carbonyl (C=O) groups is 1. The van der Waals surface area contributed by atoms with Crippen LogP contribution in [0.5, 0.6) is 0 Å². The van der Waals surface area contributed by atoms with Gasteiger partial charge >= 0.3 is 12.3 Å². The summed E-state index contributed by atoms with van der Waals surface area (Å²) in [5.41, 5.74) is 0. The zero-order chi connectivity index (χ0) is 8.91. The third-order valence-corrected chi connectivity index (χ3v) is 0.604. The quantitative estimate of drug-likeness (QED) is 0.646. The van der Waals surface area contributed by atoms with Crippen molar-refractivity contribution in [1.29, 1.82) is 0 Å². The van der Waals surface area contributed by atoms with E-state index in [0.717, 1.165) is 6.08 Å². The molecule has 64 valence electrons. The summed E-state index contributed by atoms with van der Waals surface area (Å²) in [6.07, 6.45) is -3.37. The SMILES string of the molecule is O=C(O)/C=C/COC(F)(F)F. The molecule has 0 atom stereocenters. The first-order valence-corrected chi connectivity index (χ1v) is 2.52. The summed E-state index contributed by atoms with van der Waals surface area (Å²) in [6.45, 7) is -0.782. The lowest BCUT2D eigenvalue weighted by Crippen LogP contribution is -2.13. The van der Waals surface area contributed by atoms with E-state index in [9.17, 15) is 18.0 Å². The molecule has 11 heavy (non-hydrogen) atoms. The van der Waals surface area contributed by atoms with Crippen LogP contribution in [-0.4, -0.2) is 24.0 Å². The van der Waals surface area contributed by atoms with Crippen LogP contribution >= 0.6 is 0 Å². The largest absolute Gasteiger partial charge is 0.522 e. The van der Waals surface area contributed by atoms with Crippen molar-refractivity contribution in [1.82, 2.24) is 0 Å². The molecule has 0 rings (SSSR count). The average Bonchev–Trinajstić information content (AvgIpc) is 1.78. The van der Waals surface area contributed by atoms with E-state index >= 15 is 0 Å². The van der Waals surface area contributed by atoms with Gasteiger partial charge in [-0.1, -0.05) is 6.08 Å². The molecule has 0 spiro atoms. The summed E-state index contributed by atoms with van der Waals surface area (Å²) in [7, 11) is 0. The third-order valence-electron chi connectivity index (χ3n) is 0.604. The van der Waals surface area contributed by atoms with Gasteiger partial charge in [0.1, 0.15) is 0 Å². The smallest absolute Gasteiger partial charge is 0.478 e. The Labute approximate surface area is 60.1 Å². The Morgan fingerprint density at radius 3 is 2.45 bits per heavy atom. The van der Waals surface area contributed by atoms with Gasteiger partial charge in [0.25, 0.3) is 0 Å². The number of halogens is 3.